The van der Waals surface area contributed by atoms with Gasteiger partial charge in [0.2, 0.25) is 0 Å². The monoisotopic (exact) mass is 240 g/mol. The Bertz CT molecular complexity index is 339. The molecule has 4 heteroatoms. The van der Waals surface area contributed by atoms with Crippen molar-refractivity contribution in [1.82, 2.24) is 5.32 Å². The zero-order valence-corrected chi connectivity index (χ0v) is 10.4. The minimum absolute atomic E-state index is 0.0139. The van der Waals surface area contributed by atoms with Gasteiger partial charge in [0, 0.05) is 32.2 Å². The first-order valence-corrected chi connectivity index (χ1v) is 5.96. The van der Waals surface area contributed by atoms with Crippen LogP contribution in [0.4, 0.5) is 5.69 Å². The SMILES string of the molecule is CN(C)c1ccc([C@H]2NC[C@H](CCl)O2)cc1. The first-order chi connectivity index (χ1) is 7.70. The molecule has 1 fully saturated rings. The lowest BCUT2D eigenvalue weighted by Gasteiger charge is -2.15. The van der Waals surface area contributed by atoms with Gasteiger partial charge in [-0.3, -0.25) is 5.32 Å². The average Bonchev–Trinajstić information content (AvgIpc) is 2.77. The molecule has 1 aliphatic rings. The molecular weight excluding hydrogens is 224 g/mol. The van der Waals surface area contributed by atoms with Crippen LogP contribution in [0.15, 0.2) is 24.3 Å². The molecule has 3 nitrogen and oxygen atoms in total. The van der Waals surface area contributed by atoms with E-state index in [2.05, 4.69) is 34.5 Å². The molecular formula is C12H17ClN2O. The van der Waals surface area contributed by atoms with Gasteiger partial charge in [0.05, 0.1) is 6.10 Å². The summed E-state index contributed by atoms with van der Waals surface area (Å²) < 4.78 is 5.74. The summed E-state index contributed by atoms with van der Waals surface area (Å²) in [7, 11) is 4.06. The predicted molar refractivity (Wildman–Crippen MR) is 67.1 cm³/mol. The van der Waals surface area contributed by atoms with Crippen molar-refractivity contribution in [2.24, 2.45) is 0 Å². The highest BCUT2D eigenvalue weighted by Gasteiger charge is 2.24. The molecule has 1 aliphatic heterocycles. The fraction of sp³-hybridized carbons (Fsp3) is 0.500. The van der Waals surface area contributed by atoms with Crippen molar-refractivity contribution in [2.45, 2.75) is 12.3 Å². The van der Waals surface area contributed by atoms with Crippen molar-refractivity contribution < 1.29 is 4.74 Å². The van der Waals surface area contributed by atoms with Gasteiger partial charge in [-0.1, -0.05) is 12.1 Å². The van der Waals surface area contributed by atoms with Crippen molar-refractivity contribution in [1.29, 1.82) is 0 Å². The summed E-state index contributed by atoms with van der Waals surface area (Å²) in [5.41, 5.74) is 2.34. The second kappa shape index (κ2) is 5.04. The molecule has 0 unspecified atom stereocenters. The maximum Gasteiger partial charge on any atom is 0.134 e. The van der Waals surface area contributed by atoms with E-state index in [0.717, 1.165) is 12.1 Å². The molecule has 88 valence electrons. The van der Waals surface area contributed by atoms with Crippen molar-refractivity contribution in [3.8, 4) is 0 Å². The van der Waals surface area contributed by atoms with Crippen LogP contribution in [0.25, 0.3) is 0 Å². The molecule has 0 radical (unpaired) electrons. The standard InChI is InChI=1S/C12H17ClN2O/c1-15(2)10-5-3-9(4-6-10)12-14-8-11(7-13)16-12/h3-6,11-12,14H,7-8H2,1-2H3/t11-,12-/m0/s1. The van der Waals surface area contributed by atoms with Crippen molar-refractivity contribution in [3.63, 3.8) is 0 Å². The van der Waals surface area contributed by atoms with E-state index in [9.17, 15) is 0 Å². The number of nitrogens with zero attached hydrogens (tertiary/aromatic N) is 1. The first kappa shape index (κ1) is 11.7. The highest BCUT2D eigenvalue weighted by Crippen LogP contribution is 2.23. The van der Waals surface area contributed by atoms with Gasteiger partial charge in [0.1, 0.15) is 6.23 Å². The van der Waals surface area contributed by atoms with Crippen LogP contribution in [0.3, 0.4) is 0 Å². The highest BCUT2D eigenvalue weighted by molar-refractivity contribution is 6.18. The van der Waals surface area contributed by atoms with Gasteiger partial charge in [-0.15, -0.1) is 11.6 Å². The van der Waals surface area contributed by atoms with Gasteiger partial charge in [-0.05, 0) is 17.7 Å². The molecule has 2 rings (SSSR count). The Labute approximate surface area is 101 Å². The third kappa shape index (κ3) is 2.48. The molecule has 1 aromatic rings. The van der Waals surface area contributed by atoms with Crippen LogP contribution in [0.2, 0.25) is 0 Å². The number of ether oxygens (including phenoxy) is 1. The van der Waals surface area contributed by atoms with Gasteiger partial charge in [0.15, 0.2) is 0 Å². The molecule has 0 amide bonds. The van der Waals surface area contributed by atoms with Crippen LogP contribution in [-0.4, -0.2) is 32.6 Å². The van der Waals surface area contributed by atoms with Crippen LogP contribution < -0.4 is 10.2 Å². The smallest absolute Gasteiger partial charge is 0.134 e. The van der Waals surface area contributed by atoms with E-state index < -0.39 is 0 Å². The fourth-order valence-electron chi connectivity index (χ4n) is 1.76. The summed E-state index contributed by atoms with van der Waals surface area (Å²) in [5, 5.41) is 3.30. The van der Waals surface area contributed by atoms with Gasteiger partial charge in [-0.2, -0.15) is 0 Å². The van der Waals surface area contributed by atoms with Crippen LogP contribution in [0, 0.1) is 0 Å². The number of anilines is 1. The number of hydrogen-bond acceptors (Lipinski definition) is 3. The number of benzene rings is 1. The van der Waals surface area contributed by atoms with E-state index in [0.29, 0.717) is 5.88 Å². The predicted octanol–water partition coefficient (Wildman–Crippen LogP) is 1.98. The van der Waals surface area contributed by atoms with Gasteiger partial charge in [0.25, 0.3) is 0 Å². The molecule has 1 aromatic carbocycles. The molecule has 0 aromatic heterocycles. The summed E-state index contributed by atoms with van der Waals surface area (Å²) in [6, 6.07) is 8.36. The maximum absolute atomic E-state index is 5.76. The summed E-state index contributed by atoms with van der Waals surface area (Å²) >= 11 is 5.76. The van der Waals surface area contributed by atoms with E-state index in [1.165, 1.54) is 5.69 Å². The lowest BCUT2D eigenvalue weighted by atomic mass is 10.2. The number of rotatable bonds is 3. The van der Waals surface area contributed by atoms with E-state index in [1.807, 2.05) is 14.1 Å². The number of halogens is 1. The van der Waals surface area contributed by atoms with Crippen LogP contribution in [0.1, 0.15) is 11.8 Å². The molecule has 1 heterocycles. The summed E-state index contributed by atoms with van der Waals surface area (Å²) in [4.78, 5) is 2.08. The first-order valence-electron chi connectivity index (χ1n) is 5.43. The van der Waals surface area contributed by atoms with E-state index in [4.69, 9.17) is 16.3 Å². The molecule has 0 saturated carbocycles. The van der Waals surface area contributed by atoms with Crippen molar-refractivity contribution >= 4 is 17.3 Å². The zero-order chi connectivity index (χ0) is 11.5. The number of alkyl halides is 1. The molecule has 2 atom stereocenters. The Morgan fingerprint density at radius 3 is 2.56 bits per heavy atom. The minimum Gasteiger partial charge on any atom is -0.378 e. The second-order valence-electron chi connectivity index (χ2n) is 4.19. The van der Waals surface area contributed by atoms with Gasteiger partial charge in [-0.25, -0.2) is 0 Å². The van der Waals surface area contributed by atoms with Crippen LogP contribution in [-0.2, 0) is 4.74 Å². The maximum atomic E-state index is 5.76. The summed E-state index contributed by atoms with van der Waals surface area (Å²) in [6.07, 6.45) is 0.111. The Kier molecular flexibility index (Phi) is 3.69. The van der Waals surface area contributed by atoms with E-state index in [-0.39, 0.29) is 12.3 Å². The molecule has 0 spiro atoms. The number of nitrogens with one attached hydrogen (secondary N) is 1. The average molecular weight is 241 g/mol. The summed E-state index contributed by atoms with van der Waals surface area (Å²) in [6.45, 7) is 0.823. The van der Waals surface area contributed by atoms with Crippen molar-refractivity contribution in [3.05, 3.63) is 29.8 Å². The highest BCUT2D eigenvalue weighted by atomic mass is 35.5. The number of hydrogen-bond donors (Lipinski definition) is 1. The van der Waals surface area contributed by atoms with E-state index in [1.54, 1.807) is 0 Å². The Balaban J connectivity index is 2.05. The Morgan fingerprint density at radius 1 is 1.38 bits per heavy atom. The normalized spacial score (nSPS) is 24.7. The molecule has 0 aliphatic carbocycles. The third-order valence-electron chi connectivity index (χ3n) is 2.74. The molecule has 0 bridgehead atoms. The van der Waals surface area contributed by atoms with Gasteiger partial charge < -0.3 is 9.64 Å². The minimum atomic E-state index is -0.0139. The lowest BCUT2D eigenvalue weighted by molar-refractivity contribution is 0.0528. The van der Waals surface area contributed by atoms with Gasteiger partial charge >= 0.3 is 0 Å². The molecule has 16 heavy (non-hydrogen) atoms. The van der Waals surface area contributed by atoms with E-state index >= 15 is 0 Å². The summed E-state index contributed by atoms with van der Waals surface area (Å²) in [5.74, 6) is 0.541. The third-order valence-corrected chi connectivity index (χ3v) is 3.09. The Morgan fingerprint density at radius 2 is 2.06 bits per heavy atom. The molecule has 1 saturated heterocycles. The fourth-order valence-corrected chi connectivity index (χ4v) is 1.94. The zero-order valence-electron chi connectivity index (χ0n) is 9.61. The topological polar surface area (TPSA) is 24.5 Å². The van der Waals surface area contributed by atoms with Crippen molar-refractivity contribution in [2.75, 3.05) is 31.4 Å². The lowest BCUT2D eigenvalue weighted by Crippen LogP contribution is -2.16. The second-order valence-corrected chi connectivity index (χ2v) is 4.50. The Hall–Kier alpha value is -0.770. The molecule has 1 N–H and O–H groups in total. The quantitative estimate of drug-likeness (QED) is 0.818. The van der Waals surface area contributed by atoms with Crippen LogP contribution in [0.5, 0.6) is 0 Å². The largest absolute Gasteiger partial charge is 0.378 e. The van der Waals surface area contributed by atoms with Crippen LogP contribution >= 0.6 is 11.6 Å².